The number of morpholine rings is 1. The van der Waals surface area contributed by atoms with Crippen LogP contribution in [0.1, 0.15) is 0 Å². The molecule has 3 unspecified atom stereocenters. The average Bonchev–Trinajstić information content (AvgIpc) is 2.76. The van der Waals surface area contributed by atoms with Crippen LogP contribution in [0.2, 0.25) is 0 Å². The molecule has 2 aliphatic rings. The van der Waals surface area contributed by atoms with Gasteiger partial charge in [-0.25, -0.2) is 8.78 Å². The van der Waals surface area contributed by atoms with E-state index in [4.69, 9.17) is 4.74 Å². The Morgan fingerprint density at radius 3 is 2.69 bits per heavy atom. The Morgan fingerprint density at radius 1 is 1.54 bits per heavy atom. The van der Waals surface area contributed by atoms with Gasteiger partial charge in [-0.2, -0.15) is 8.78 Å². The van der Waals surface area contributed by atoms with Crippen LogP contribution in [0.15, 0.2) is 0 Å². The number of alkyl halides is 4. The summed E-state index contributed by atoms with van der Waals surface area (Å²) in [4.78, 5) is 0.954. The van der Waals surface area contributed by atoms with Gasteiger partial charge in [0.2, 0.25) is 5.79 Å². The summed E-state index contributed by atoms with van der Waals surface area (Å²) in [6, 6.07) is -0.966. The molecule has 0 spiro atoms. The summed E-state index contributed by atoms with van der Waals surface area (Å²) in [6.45, 7) is -1.70. The Labute approximate surface area is 72.5 Å². The van der Waals surface area contributed by atoms with E-state index in [9.17, 15) is 17.6 Å². The van der Waals surface area contributed by atoms with Crippen LogP contribution in [0, 0.1) is 0 Å². The number of nitrogens with zero attached hydrogens (tertiary/aromatic N) is 1. The second kappa shape index (κ2) is 2.57. The van der Waals surface area contributed by atoms with Gasteiger partial charge >= 0.3 is 5.92 Å². The summed E-state index contributed by atoms with van der Waals surface area (Å²) in [7, 11) is 0. The summed E-state index contributed by atoms with van der Waals surface area (Å²) in [5.41, 5.74) is 0. The van der Waals surface area contributed by atoms with Crippen LogP contribution >= 0.6 is 0 Å². The lowest BCUT2D eigenvalue weighted by Crippen LogP contribution is -2.40. The van der Waals surface area contributed by atoms with E-state index in [1.54, 1.807) is 0 Å². The van der Waals surface area contributed by atoms with Crippen molar-refractivity contribution in [3.05, 3.63) is 0 Å². The molecular weight excluding hydrogens is 190 g/mol. The van der Waals surface area contributed by atoms with Crippen molar-refractivity contribution in [1.82, 2.24) is 4.90 Å². The molecule has 6 heteroatoms. The second-order valence-electron chi connectivity index (χ2n) is 3.30. The van der Waals surface area contributed by atoms with E-state index < -0.39 is 24.4 Å². The number of fused-ring (bicyclic) bond motifs is 1. The first-order valence-electron chi connectivity index (χ1n) is 4.01. The van der Waals surface area contributed by atoms with E-state index in [-0.39, 0.29) is 19.8 Å². The summed E-state index contributed by atoms with van der Waals surface area (Å²) < 4.78 is 55.8. The van der Waals surface area contributed by atoms with E-state index >= 15 is 0 Å². The van der Waals surface area contributed by atoms with Gasteiger partial charge in [0.05, 0.1) is 19.3 Å². The van der Waals surface area contributed by atoms with Crippen LogP contribution in [-0.4, -0.2) is 49.1 Å². The molecule has 0 aromatic heterocycles. The molecule has 2 heterocycles. The average molecular weight is 199 g/mol. The first kappa shape index (κ1) is 9.21. The molecule has 2 saturated heterocycles. The molecule has 2 aliphatic heterocycles. The first-order chi connectivity index (χ1) is 6.04. The Kier molecular flexibility index (Phi) is 1.82. The van der Waals surface area contributed by atoms with Crippen molar-refractivity contribution in [3.63, 3.8) is 0 Å². The van der Waals surface area contributed by atoms with Gasteiger partial charge in [0.25, 0.3) is 0 Å². The Hall–Kier alpha value is -0.360. The van der Waals surface area contributed by atoms with Crippen molar-refractivity contribution < 1.29 is 22.3 Å². The van der Waals surface area contributed by atoms with Crippen LogP contribution in [0.5, 0.6) is 0 Å². The molecular formula is C7H9F4NO. The van der Waals surface area contributed by atoms with Gasteiger partial charge in [0, 0.05) is 6.54 Å². The molecule has 76 valence electrons. The zero-order valence-electron chi connectivity index (χ0n) is 6.77. The fraction of sp³-hybridized carbons (Fsp3) is 1.00. The van der Waals surface area contributed by atoms with Crippen molar-refractivity contribution >= 4 is 0 Å². The SMILES string of the molecule is FCC(F)(F)C1(F)C2COCCN21. The molecule has 2 rings (SSSR count). The minimum atomic E-state index is -3.91. The standard InChI is InChI=1S/C7H9F4NO/c8-4-6(9,10)7(11)5-3-13-2-1-12(5)7/h5H,1-4H2. The van der Waals surface area contributed by atoms with Gasteiger partial charge in [-0.3, -0.25) is 4.90 Å². The Balaban J connectivity index is 2.15. The number of halogens is 4. The molecule has 2 fully saturated rings. The Bertz CT molecular complexity index is 211. The zero-order valence-corrected chi connectivity index (χ0v) is 6.77. The van der Waals surface area contributed by atoms with Gasteiger partial charge < -0.3 is 4.74 Å². The molecule has 0 aliphatic carbocycles. The highest BCUT2D eigenvalue weighted by Crippen LogP contribution is 2.54. The largest absolute Gasteiger partial charge is 0.378 e. The van der Waals surface area contributed by atoms with Crippen molar-refractivity contribution in [2.75, 3.05) is 26.4 Å². The third kappa shape index (κ3) is 1.02. The van der Waals surface area contributed by atoms with Crippen LogP contribution in [0.25, 0.3) is 0 Å². The predicted molar refractivity (Wildman–Crippen MR) is 36.1 cm³/mol. The van der Waals surface area contributed by atoms with Gasteiger partial charge in [-0.15, -0.1) is 0 Å². The first-order valence-corrected chi connectivity index (χ1v) is 4.01. The topological polar surface area (TPSA) is 12.2 Å². The minimum Gasteiger partial charge on any atom is -0.378 e. The lowest BCUT2D eigenvalue weighted by Gasteiger charge is -2.16. The maximum Gasteiger partial charge on any atom is 0.324 e. The second-order valence-corrected chi connectivity index (χ2v) is 3.30. The molecule has 3 atom stereocenters. The van der Waals surface area contributed by atoms with Crippen LogP contribution in [-0.2, 0) is 4.74 Å². The predicted octanol–water partition coefficient (Wildman–Crippen LogP) is 0.971. The van der Waals surface area contributed by atoms with E-state index in [1.807, 2.05) is 0 Å². The Morgan fingerprint density at radius 2 is 2.23 bits per heavy atom. The van der Waals surface area contributed by atoms with Crippen LogP contribution < -0.4 is 0 Å². The molecule has 0 aromatic rings. The zero-order chi connectivity index (χ0) is 9.69. The summed E-state index contributed by atoms with van der Waals surface area (Å²) in [5.74, 6) is -6.72. The van der Waals surface area contributed by atoms with Crippen molar-refractivity contribution in [2.45, 2.75) is 17.8 Å². The van der Waals surface area contributed by atoms with E-state index in [0.29, 0.717) is 0 Å². The normalized spacial score (nSPS) is 44.3. The summed E-state index contributed by atoms with van der Waals surface area (Å²) >= 11 is 0. The third-order valence-corrected chi connectivity index (χ3v) is 2.60. The quantitative estimate of drug-likeness (QED) is 0.373. The number of hydrogen-bond acceptors (Lipinski definition) is 2. The highest BCUT2D eigenvalue weighted by atomic mass is 19.3. The van der Waals surface area contributed by atoms with Gasteiger partial charge in [0.15, 0.2) is 6.67 Å². The maximum absolute atomic E-state index is 13.5. The number of ether oxygens (including phenoxy) is 1. The molecule has 2 nitrogen and oxygen atoms in total. The van der Waals surface area contributed by atoms with E-state index in [2.05, 4.69) is 0 Å². The van der Waals surface area contributed by atoms with Crippen LogP contribution in [0.3, 0.4) is 0 Å². The molecule has 0 N–H and O–H groups in total. The fourth-order valence-electron chi connectivity index (χ4n) is 1.80. The highest BCUT2D eigenvalue weighted by molar-refractivity contribution is 5.18. The van der Waals surface area contributed by atoms with Crippen LogP contribution in [0.4, 0.5) is 17.6 Å². The summed E-state index contributed by atoms with van der Waals surface area (Å²) in [5, 5.41) is 0. The summed E-state index contributed by atoms with van der Waals surface area (Å²) in [6.07, 6.45) is 0. The lowest BCUT2D eigenvalue weighted by molar-refractivity contribution is -0.123. The van der Waals surface area contributed by atoms with Gasteiger partial charge in [-0.1, -0.05) is 0 Å². The molecule has 0 radical (unpaired) electrons. The number of rotatable bonds is 2. The third-order valence-electron chi connectivity index (χ3n) is 2.60. The smallest absolute Gasteiger partial charge is 0.324 e. The van der Waals surface area contributed by atoms with Crippen molar-refractivity contribution in [2.24, 2.45) is 0 Å². The maximum atomic E-state index is 13.5. The molecule has 0 aromatic carbocycles. The van der Waals surface area contributed by atoms with E-state index in [1.165, 1.54) is 0 Å². The van der Waals surface area contributed by atoms with Crippen molar-refractivity contribution in [3.8, 4) is 0 Å². The van der Waals surface area contributed by atoms with Gasteiger partial charge in [-0.05, 0) is 0 Å². The molecule has 13 heavy (non-hydrogen) atoms. The van der Waals surface area contributed by atoms with E-state index in [0.717, 1.165) is 4.90 Å². The van der Waals surface area contributed by atoms with Crippen molar-refractivity contribution in [1.29, 1.82) is 0 Å². The minimum absolute atomic E-state index is 0.0773. The highest BCUT2D eigenvalue weighted by Gasteiger charge is 2.78. The molecule has 0 bridgehead atoms. The number of hydrogen-bond donors (Lipinski definition) is 0. The monoisotopic (exact) mass is 199 g/mol. The lowest BCUT2D eigenvalue weighted by atomic mass is 10.2. The van der Waals surface area contributed by atoms with Gasteiger partial charge in [0.1, 0.15) is 0 Å². The molecule has 0 amide bonds. The fourth-order valence-corrected chi connectivity index (χ4v) is 1.80. The molecule has 0 saturated carbocycles.